The molecule has 48 heavy (non-hydrogen) atoms. The van der Waals surface area contributed by atoms with Crippen LogP contribution in [0.4, 0.5) is 0 Å². The van der Waals surface area contributed by atoms with Gasteiger partial charge in [-0.1, -0.05) is 77.8 Å². The summed E-state index contributed by atoms with van der Waals surface area (Å²) in [7, 11) is 3.30. The number of rotatable bonds is 13. The number of nitrogens with one attached hydrogen (secondary N) is 2. The first-order valence-corrected chi connectivity index (χ1v) is 17.4. The number of ketones is 1. The summed E-state index contributed by atoms with van der Waals surface area (Å²) in [6.45, 7) is 1.52. The molecule has 1 aliphatic carbocycles. The Bertz CT molecular complexity index is 1810. The number of aromatic nitrogens is 1. The first-order valence-electron chi connectivity index (χ1n) is 16.6. The van der Waals surface area contributed by atoms with Crippen molar-refractivity contribution < 1.29 is 19.1 Å². The zero-order valence-corrected chi connectivity index (χ0v) is 28.9. The number of carbonyl (C=O) groups is 2. The van der Waals surface area contributed by atoms with Crippen LogP contribution in [0.25, 0.3) is 33.5 Å². The van der Waals surface area contributed by atoms with Gasteiger partial charge in [0.1, 0.15) is 11.5 Å². The molecule has 1 saturated heterocycles. The molecular weight excluding hydrogens is 645 g/mol. The number of amides is 1. The van der Waals surface area contributed by atoms with E-state index < -0.39 is 0 Å². The third-order valence-electron chi connectivity index (χ3n) is 9.45. The average Bonchev–Trinajstić information content (AvgIpc) is 3.72. The Morgan fingerprint density at radius 3 is 2.25 bits per heavy atom. The summed E-state index contributed by atoms with van der Waals surface area (Å²) in [5.41, 5.74) is 6.96. The van der Waals surface area contributed by atoms with E-state index in [-0.39, 0.29) is 11.9 Å². The fourth-order valence-corrected chi connectivity index (χ4v) is 7.51. The predicted molar refractivity (Wildman–Crippen MR) is 192 cm³/mol. The monoisotopic (exact) mass is 685 g/mol. The fourth-order valence-electron chi connectivity index (χ4n) is 6.86. The molecule has 2 heterocycles. The topological polar surface area (TPSA) is 89.5 Å². The minimum atomic E-state index is 0.142. The second-order valence-corrected chi connectivity index (χ2v) is 13.5. The Labute approximate surface area is 292 Å². The van der Waals surface area contributed by atoms with Gasteiger partial charge in [-0.15, -0.1) is 0 Å². The number of benzene rings is 3. The van der Waals surface area contributed by atoms with Crippen molar-refractivity contribution in [2.45, 2.75) is 64.0 Å². The molecule has 2 atom stereocenters. The number of methoxy groups -OCH3 is 2. The lowest BCUT2D eigenvalue weighted by molar-refractivity contribution is -0.119. The zero-order valence-electron chi connectivity index (χ0n) is 27.4. The quantitative estimate of drug-likeness (QED) is 0.147. The summed E-state index contributed by atoms with van der Waals surface area (Å²) in [4.78, 5) is 28.0. The molecule has 2 N–H and O–H groups in total. The van der Waals surface area contributed by atoms with Crippen LogP contribution in [-0.4, -0.2) is 43.5 Å². The van der Waals surface area contributed by atoms with Crippen LogP contribution in [0.3, 0.4) is 0 Å². The number of hydrogen-bond acceptors (Lipinski definition) is 6. The molecule has 4 aromatic rings. The number of carbonyl (C=O) groups excluding carboxylic acids is 2. The fraction of sp³-hybridized carbons (Fsp3) is 0.359. The van der Waals surface area contributed by atoms with Crippen LogP contribution in [0.15, 0.2) is 66.7 Å². The van der Waals surface area contributed by atoms with Gasteiger partial charge in [0.05, 0.1) is 30.0 Å². The van der Waals surface area contributed by atoms with Gasteiger partial charge in [0.15, 0.2) is 0 Å². The number of Topliss-reactive ketones (excluding diaryl/α,β-unsaturated/α-hetero) is 1. The largest absolute Gasteiger partial charge is 0.496 e. The standard InChI is InChI=1S/C39H41Cl2N3O4/c1-47-35-21-25(23-42-22-24-12-16-28(45)20-24)13-17-29(35)30-8-4-9-31(37(30)40)32-10-5-11-33(38(32)41)34-18-14-26(39(44-34)48-2)6-3-7-27-15-19-36(46)43-27/h4-5,8-11,13-14,17-18,21,24,27,42H,3,6-7,12,15-16,19-20,22-23H2,1-2H3,(H,43,46)/t24-,27-/m1/s1. The van der Waals surface area contributed by atoms with Gasteiger partial charge in [-0.3, -0.25) is 9.59 Å². The predicted octanol–water partition coefficient (Wildman–Crippen LogP) is 8.47. The van der Waals surface area contributed by atoms with Crippen LogP contribution in [-0.2, 0) is 22.6 Å². The number of nitrogens with zero attached hydrogens (tertiary/aromatic N) is 1. The average molecular weight is 687 g/mol. The second kappa shape index (κ2) is 15.5. The minimum absolute atomic E-state index is 0.142. The molecule has 9 heteroatoms. The van der Waals surface area contributed by atoms with Crippen LogP contribution in [0.1, 0.15) is 56.1 Å². The first-order chi connectivity index (χ1) is 23.3. The maximum Gasteiger partial charge on any atom is 0.220 e. The van der Waals surface area contributed by atoms with Crippen molar-refractivity contribution in [2.75, 3.05) is 20.8 Å². The first kappa shape index (κ1) is 34.0. The lowest BCUT2D eigenvalue weighted by Crippen LogP contribution is -2.25. The Morgan fingerprint density at radius 2 is 1.58 bits per heavy atom. The molecule has 6 rings (SSSR count). The lowest BCUT2D eigenvalue weighted by Gasteiger charge is -2.17. The highest BCUT2D eigenvalue weighted by Crippen LogP contribution is 2.44. The van der Waals surface area contributed by atoms with Gasteiger partial charge in [-0.2, -0.15) is 0 Å². The van der Waals surface area contributed by atoms with E-state index in [2.05, 4.69) is 16.7 Å². The van der Waals surface area contributed by atoms with Crippen molar-refractivity contribution in [1.29, 1.82) is 0 Å². The summed E-state index contributed by atoms with van der Waals surface area (Å²) >= 11 is 14.3. The maximum absolute atomic E-state index is 11.6. The SMILES string of the molecule is COc1cc(CNC[C@@H]2CCC(=O)C2)ccc1-c1cccc(-c2cccc(-c3ccc(CCC[C@@H]4CCC(=O)N4)c(OC)n3)c2Cl)c1Cl. The van der Waals surface area contributed by atoms with E-state index in [4.69, 9.17) is 37.7 Å². The van der Waals surface area contributed by atoms with E-state index >= 15 is 0 Å². The molecule has 7 nitrogen and oxygen atoms in total. The van der Waals surface area contributed by atoms with Crippen molar-refractivity contribution >= 4 is 34.9 Å². The number of halogens is 2. The molecule has 1 amide bonds. The van der Waals surface area contributed by atoms with Crippen molar-refractivity contribution in [3.05, 3.63) is 87.9 Å². The molecule has 0 radical (unpaired) electrons. The third-order valence-corrected chi connectivity index (χ3v) is 10.3. The maximum atomic E-state index is 11.6. The van der Waals surface area contributed by atoms with E-state index in [1.54, 1.807) is 14.2 Å². The molecule has 3 aromatic carbocycles. The Balaban J connectivity index is 1.21. The van der Waals surface area contributed by atoms with E-state index in [1.807, 2.05) is 60.7 Å². The Hall–Kier alpha value is -3.91. The molecule has 0 unspecified atom stereocenters. The highest BCUT2D eigenvalue weighted by atomic mass is 35.5. The smallest absolute Gasteiger partial charge is 0.220 e. The van der Waals surface area contributed by atoms with Gasteiger partial charge in [0, 0.05) is 65.2 Å². The van der Waals surface area contributed by atoms with Gasteiger partial charge in [-0.05, 0) is 62.3 Å². The van der Waals surface area contributed by atoms with Gasteiger partial charge in [0.25, 0.3) is 0 Å². The number of ether oxygens (including phenoxy) is 2. The van der Waals surface area contributed by atoms with Gasteiger partial charge in [-0.25, -0.2) is 4.98 Å². The van der Waals surface area contributed by atoms with Gasteiger partial charge < -0.3 is 20.1 Å². The molecular formula is C39H41Cl2N3O4. The summed E-state index contributed by atoms with van der Waals surface area (Å²) in [5, 5.41) is 7.66. The van der Waals surface area contributed by atoms with Crippen molar-refractivity contribution in [3.63, 3.8) is 0 Å². The van der Waals surface area contributed by atoms with Crippen LogP contribution < -0.4 is 20.1 Å². The number of pyridine rings is 1. The van der Waals surface area contributed by atoms with Crippen molar-refractivity contribution in [1.82, 2.24) is 15.6 Å². The minimum Gasteiger partial charge on any atom is -0.496 e. The molecule has 1 aliphatic heterocycles. The molecule has 0 bridgehead atoms. The second-order valence-electron chi connectivity index (χ2n) is 12.7. The van der Waals surface area contributed by atoms with Crippen molar-refractivity contribution in [3.8, 4) is 45.1 Å². The highest BCUT2D eigenvalue weighted by molar-refractivity contribution is 6.39. The molecule has 250 valence electrons. The summed E-state index contributed by atoms with van der Waals surface area (Å²) in [6.07, 6.45) is 6.54. The van der Waals surface area contributed by atoms with Crippen molar-refractivity contribution in [2.24, 2.45) is 5.92 Å². The molecule has 2 aliphatic rings. The van der Waals surface area contributed by atoms with E-state index in [0.717, 1.165) is 83.3 Å². The molecule has 1 saturated carbocycles. The third kappa shape index (κ3) is 7.70. The Morgan fingerprint density at radius 1 is 0.854 bits per heavy atom. The number of hydrogen-bond donors (Lipinski definition) is 2. The van der Waals surface area contributed by atoms with Crippen LogP contribution in [0.5, 0.6) is 11.6 Å². The summed E-state index contributed by atoms with van der Waals surface area (Å²) in [6, 6.07) is 22.3. The normalized spacial score (nSPS) is 17.5. The van der Waals surface area contributed by atoms with E-state index in [9.17, 15) is 9.59 Å². The van der Waals surface area contributed by atoms with Crippen LogP contribution in [0, 0.1) is 5.92 Å². The highest BCUT2D eigenvalue weighted by Gasteiger charge is 2.23. The summed E-state index contributed by atoms with van der Waals surface area (Å²) in [5.74, 6) is 2.23. The zero-order chi connectivity index (χ0) is 33.6. The molecule has 2 fully saturated rings. The van der Waals surface area contributed by atoms with E-state index in [0.29, 0.717) is 59.1 Å². The molecule has 1 aromatic heterocycles. The summed E-state index contributed by atoms with van der Waals surface area (Å²) < 4.78 is 11.5. The Kier molecular flexibility index (Phi) is 11.0. The lowest BCUT2D eigenvalue weighted by atomic mass is 9.95. The number of aryl methyl sites for hydroxylation is 1. The van der Waals surface area contributed by atoms with Crippen LogP contribution >= 0.6 is 23.2 Å². The molecule has 0 spiro atoms. The van der Waals surface area contributed by atoms with E-state index in [1.165, 1.54) is 0 Å². The van der Waals surface area contributed by atoms with Gasteiger partial charge in [0.2, 0.25) is 11.8 Å². The van der Waals surface area contributed by atoms with Crippen LogP contribution in [0.2, 0.25) is 10.0 Å². The van der Waals surface area contributed by atoms with Gasteiger partial charge >= 0.3 is 0 Å².